The van der Waals surface area contributed by atoms with Crippen LogP contribution in [0.5, 0.6) is 0 Å². The second-order valence-electron chi connectivity index (χ2n) is 6.09. The van der Waals surface area contributed by atoms with Gasteiger partial charge in [0.05, 0.1) is 0 Å². The van der Waals surface area contributed by atoms with Gasteiger partial charge in [-0.25, -0.2) is 0 Å². The number of nitrogens with zero attached hydrogens (tertiary/aromatic N) is 1. The van der Waals surface area contributed by atoms with Crippen molar-refractivity contribution >= 4 is 0 Å². The highest BCUT2D eigenvalue weighted by Crippen LogP contribution is 2.28. The Hall–Kier alpha value is -0.0800. The maximum absolute atomic E-state index is 3.51. The summed E-state index contributed by atoms with van der Waals surface area (Å²) in [7, 11) is 0. The predicted octanol–water partition coefficient (Wildman–Crippen LogP) is 2.60. The SMILES string of the molecule is CCNCC(C)(CC)CN1CC(C)C(C)C1. The Morgan fingerprint density at radius 1 is 1.19 bits per heavy atom. The summed E-state index contributed by atoms with van der Waals surface area (Å²) in [6.45, 7) is 17.8. The van der Waals surface area contributed by atoms with Crippen LogP contribution in [-0.2, 0) is 0 Å². The number of hydrogen-bond acceptors (Lipinski definition) is 2. The molecule has 0 aliphatic carbocycles. The summed E-state index contributed by atoms with van der Waals surface area (Å²) in [5.74, 6) is 1.75. The molecule has 0 amide bonds. The number of likely N-dealkylation sites (tertiary alicyclic amines) is 1. The van der Waals surface area contributed by atoms with E-state index < -0.39 is 0 Å². The molecule has 3 unspecified atom stereocenters. The molecular weight excluding hydrogens is 196 g/mol. The minimum Gasteiger partial charge on any atom is -0.316 e. The molecule has 0 saturated carbocycles. The Morgan fingerprint density at radius 3 is 2.19 bits per heavy atom. The Labute approximate surface area is 102 Å². The summed E-state index contributed by atoms with van der Waals surface area (Å²) in [6.07, 6.45) is 1.26. The van der Waals surface area contributed by atoms with Crippen molar-refractivity contribution in [3.8, 4) is 0 Å². The van der Waals surface area contributed by atoms with E-state index >= 15 is 0 Å². The Bertz CT molecular complexity index is 195. The maximum atomic E-state index is 3.51. The number of nitrogens with one attached hydrogen (secondary N) is 1. The fraction of sp³-hybridized carbons (Fsp3) is 1.00. The summed E-state index contributed by atoms with van der Waals surface area (Å²) in [5.41, 5.74) is 0.444. The van der Waals surface area contributed by atoms with Gasteiger partial charge >= 0.3 is 0 Å². The van der Waals surface area contributed by atoms with Gasteiger partial charge in [0.2, 0.25) is 0 Å². The van der Waals surface area contributed by atoms with Gasteiger partial charge in [-0.15, -0.1) is 0 Å². The van der Waals surface area contributed by atoms with Crippen molar-refractivity contribution < 1.29 is 0 Å². The van der Waals surface area contributed by atoms with E-state index in [0.29, 0.717) is 5.41 Å². The zero-order valence-corrected chi connectivity index (χ0v) is 11.8. The van der Waals surface area contributed by atoms with E-state index in [-0.39, 0.29) is 0 Å². The van der Waals surface area contributed by atoms with E-state index in [4.69, 9.17) is 0 Å². The second kappa shape index (κ2) is 6.02. The monoisotopic (exact) mass is 226 g/mol. The van der Waals surface area contributed by atoms with Crippen molar-refractivity contribution in [2.75, 3.05) is 32.7 Å². The molecular formula is C14H30N2. The van der Waals surface area contributed by atoms with Crippen molar-refractivity contribution in [2.24, 2.45) is 17.3 Å². The highest BCUT2D eigenvalue weighted by Gasteiger charge is 2.31. The lowest BCUT2D eigenvalue weighted by Gasteiger charge is -2.33. The van der Waals surface area contributed by atoms with Crippen LogP contribution in [0.2, 0.25) is 0 Å². The van der Waals surface area contributed by atoms with Crippen LogP contribution in [0.1, 0.15) is 41.0 Å². The molecule has 2 heteroatoms. The minimum absolute atomic E-state index is 0.444. The molecule has 3 atom stereocenters. The van der Waals surface area contributed by atoms with Crippen molar-refractivity contribution in [1.82, 2.24) is 10.2 Å². The minimum atomic E-state index is 0.444. The summed E-state index contributed by atoms with van der Waals surface area (Å²) in [4.78, 5) is 2.66. The molecule has 0 bridgehead atoms. The first-order valence-corrected chi connectivity index (χ1v) is 6.94. The fourth-order valence-electron chi connectivity index (χ4n) is 2.64. The van der Waals surface area contributed by atoms with Crippen LogP contribution in [0.3, 0.4) is 0 Å². The molecule has 2 nitrogen and oxygen atoms in total. The third-order valence-corrected chi connectivity index (χ3v) is 4.32. The van der Waals surface area contributed by atoms with Gasteiger partial charge in [-0.2, -0.15) is 0 Å². The Kier molecular flexibility index (Phi) is 5.26. The lowest BCUT2D eigenvalue weighted by molar-refractivity contribution is 0.175. The quantitative estimate of drug-likeness (QED) is 0.749. The van der Waals surface area contributed by atoms with Crippen LogP contribution < -0.4 is 5.32 Å². The molecule has 1 N–H and O–H groups in total. The predicted molar refractivity (Wildman–Crippen MR) is 71.7 cm³/mol. The van der Waals surface area contributed by atoms with E-state index in [1.54, 1.807) is 0 Å². The second-order valence-corrected chi connectivity index (χ2v) is 6.09. The van der Waals surface area contributed by atoms with Gasteiger partial charge in [0.1, 0.15) is 0 Å². The summed E-state index contributed by atoms with van der Waals surface area (Å²) in [6, 6.07) is 0. The lowest BCUT2D eigenvalue weighted by atomic mass is 9.87. The zero-order valence-electron chi connectivity index (χ0n) is 11.8. The third-order valence-electron chi connectivity index (χ3n) is 4.32. The van der Waals surface area contributed by atoms with Gasteiger partial charge in [-0.3, -0.25) is 0 Å². The Morgan fingerprint density at radius 2 is 1.75 bits per heavy atom. The molecule has 0 aromatic heterocycles. The molecule has 1 aliphatic heterocycles. The molecule has 0 aromatic rings. The topological polar surface area (TPSA) is 15.3 Å². The summed E-state index contributed by atoms with van der Waals surface area (Å²) >= 11 is 0. The largest absolute Gasteiger partial charge is 0.316 e. The van der Waals surface area contributed by atoms with E-state index in [2.05, 4.69) is 44.8 Å². The third kappa shape index (κ3) is 3.74. The zero-order chi connectivity index (χ0) is 12.2. The average Bonchev–Trinajstić information content (AvgIpc) is 2.55. The molecule has 0 spiro atoms. The van der Waals surface area contributed by atoms with Crippen molar-refractivity contribution in [3.63, 3.8) is 0 Å². The Balaban J connectivity index is 2.44. The number of hydrogen-bond donors (Lipinski definition) is 1. The highest BCUT2D eigenvalue weighted by atomic mass is 15.2. The molecule has 1 rings (SSSR count). The van der Waals surface area contributed by atoms with E-state index in [0.717, 1.165) is 24.9 Å². The molecule has 1 fully saturated rings. The van der Waals surface area contributed by atoms with Gasteiger partial charge in [0.25, 0.3) is 0 Å². The molecule has 0 radical (unpaired) electrons. The molecule has 1 aliphatic rings. The molecule has 16 heavy (non-hydrogen) atoms. The molecule has 1 saturated heterocycles. The summed E-state index contributed by atoms with van der Waals surface area (Å²) in [5, 5.41) is 3.51. The first-order chi connectivity index (χ1) is 7.50. The average molecular weight is 226 g/mol. The maximum Gasteiger partial charge on any atom is 0.00476 e. The van der Waals surface area contributed by atoms with E-state index in [1.807, 2.05) is 0 Å². The van der Waals surface area contributed by atoms with Gasteiger partial charge in [-0.1, -0.05) is 34.6 Å². The summed E-state index contributed by atoms with van der Waals surface area (Å²) < 4.78 is 0. The van der Waals surface area contributed by atoms with Crippen LogP contribution in [0.25, 0.3) is 0 Å². The van der Waals surface area contributed by atoms with Crippen LogP contribution in [0, 0.1) is 17.3 Å². The van der Waals surface area contributed by atoms with Gasteiger partial charge in [0, 0.05) is 26.2 Å². The first-order valence-electron chi connectivity index (χ1n) is 6.94. The van der Waals surface area contributed by atoms with Crippen molar-refractivity contribution in [2.45, 2.75) is 41.0 Å². The van der Waals surface area contributed by atoms with Gasteiger partial charge in [-0.05, 0) is 30.2 Å². The van der Waals surface area contributed by atoms with E-state index in [1.165, 1.54) is 26.1 Å². The van der Waals surface area contributed by atoms with Gasteiger partial charge in [0.15, 0.2) is 0 Å². The smallest absolute Gasteiger partial charge is 0.00476 e. The molecule has 96 valence electrons. The highest BCUT2D eigenvalue weighted by molar-refractivity contribution is 4.85. The van der Waals surface area contributed by atoms with Crippen LogP contribution >= 0.6 is 0 Å². The van der Waals surface area contributed by atoms with E-state index in [9.17, 15) is 0 Å². The van der Waals surface area contributed by atoms with Crippen molar-refractivity contribution in [1.29, 1.82) is 0 Å². The van der Waals surface area contributed by atoms with Crippen LogP contribution in [0.15, 0.2) is 0 Å². The number of rotatable bonds is 6. The van der Waals surface area contributed by atoms with Gasteiger partial charge < -0.3 is 10.2 Å². The van der Waals surface area contributed by atoms with Crippen molar-refractivity contribution in [3.05, 3.63) is 0 Å². The van der Waals surface area contributed by atoms with Crippen LogP contribution in [0.4, 0.5) is 0 Å². The molecule has 0 aromatic carbocycles. The standard InChI is InChI=1S/C14H30N2/c1-6-14(5,10-15-7-2)11-16-8-12(3)13(4)9-16/h12-13,15H,6-11H2,1-5H3. The first kappa shape index (κ1) is 14.0. The molecule has 1 heterocycles. The fourth-order valence-corrected chi connectivity index (χ4v) is 2.64. The lowest BCUT2D eigenvalue weighted by Crippen LogP contribution is -2.41. The normalized spacial score (nSPS) is 30.6. The van der Waals surface area contributed by atoms with Crippen LogP contribution in [-0.4, -0.2) is 37.6 Å².